The molecule has 0 radical (unpaired) electrons. The van der Waals surface area contributed by atoms with E-state index in [2.05, 4.69) is 45.3 Å². The van der Waals surface area contributed by atoms with E-state index in [9.17, 15) is 4.79 Å². The number of ether oxygens (including phenoxy) is 1. The predicted octanol–water partition coefficient (Wildman–Crippen LogP) is 3.78. The number of imidazole rings is 1. The lowest BCUT2D eigenvalue weighted by Gasteiger charge is -2.46. The minimum atomic E-state index is -0.193. The van der Waals surface area contributed by atoms with E-state index in [1.165, 1.54) is 5.69 Å². The number of nitrogens with one attached hydrogen (secondary N) is 1. The largest absolute Gasteiger partial charge is 0.497 e. The second-order valence-corrected chi connectivity index (χ2v) is 8.60. The summed E-state index contributed by atoms with van der Waals surface area (Å²) in [6.07, 6.45) is 5.58. The SMILES string of the molecule is COc1ccc2c(c1)NC1(CCN(C(=O)Cn3cnc4ccccc43)CC1)c1cccn1-2. The Bertz CT molecular complexity index is 1310. The van der Waals surface area contributed by atoms with E-state index in [1.807, 2.05) is 39.8 Å². The third kappa shape index (κ3) is 2.88. The van der Waals surface area contributed by atoms with Crippen LogP contribution in [-0.4, -0.2) is 45.1 Å². The highest BCUT2D eigenvalue weighted by atomic mass is 16.5. The second kappa shape index (κ2) is 7.15. The van der Waals surface area contributed by atoms with Crippen LogP contribution in [0.25, 0.3) is 16.7 Å². The van der Waals surface area contributed by atoms with E-state index in [-0.39, 0.29) is 11.4 Å². The zero-order valence-corrected chi connectivity index (χ0v) is 18.0. The highest BCUT2D eigenvalue weighted by Gasteiger charge is 2.42. The fourth-order valence-electron chi connectivity index (χ4n) is 5.16. The molecule has 0 unspecified atom stereocenters. The van der Waals surface area contributed by atoms with Crippen molar-refractivity contribution in [3.05, 3.63) is 72.8 Å². The van der Waals surface area contributed by atoms with Gasteiger partial charge in [-0.1, -0.05) is 12.1 Å². The Kier molecular flexibility index (Phi) is 4.24. The van der Waals surface area contributed by atoms with Gasteiger partial charge in [0.25, 0.3) is 0 Å². The number of likely N-dealkylation sites (tertiary alicyclic amines) is 1. The normalized spacial score (nSPS) is 16.5. The molecule has 7 nitrogen and oxygen atoms in total. The quantitative estimate of drug-likeness (QED) is 0.541. The Morgan fingerprint density at radius 1 is 1.12 bits per heavy atom. The van der Waals surface area contributed by atoms with E-state index in [4.69, 9.17) is 4.74 Å². The first-order valence-electron chi connectivity index (χ1n) is 11.0. The van der Waals surface area contributed by atoms with Crippen LogP contribution in [0, 0.1) is 0 Å². The lowest BCUT2D eigenvalue weighted by Crippen LogP contribution is -2.51. The number of piperidine rings is 1. The van der Waals surface area contributed by atoms with Gasteiger partial charge in [0, 0.05) is 31.0 Å². The molecule has 2 aliphatic heterocycles. The molecule has 6 rings (SSSR count). The molecule has 0 aliphatic carbocycles. The van der Waals surface area contributed by atoms with Gasteiger partial charge in [0.2, 0.25) is 5.91 Å². The number of para-hydroxylation sites is 2. The molecular weight excluding hydrogens is 402 g/mol. The second-order valence-electron chi connectivity index (χ2n) is 8.60. The van der Waals surface area contributed by atoms with Crippen LogP contribution in [0.3, 0.4) is 0 Å². The van der Waals surface area contributed by atoms with Crippen LogP contribution in [0.5, 0.6) is 5.75 Å². The van der Waals surface area contributed by atoms with Crippen LogP contribution in [0.2, 0.25) is 0 Å². The number of carbonyl (C=O) groups excluding carboxylic acids is 1. The van der Waals surface area contributed by atoms with Crippen molar-refractivity contribution in [1.29, 1.82) is 0 Å². The fourth-order valence-corrected chi connectivity index (χ4v) is 5.16. The van der Waals surface area contributed by atoms with Gasteiger partial charge in [0.05, 0.1) is 41.4 Å². The number of hydrogen-bond acceptors (Lipinski definition) is 4. The highest BCUT2D eigenvalue weighted by molar-refractivity contribution is 5.80. The van der Waals surface area contributed by atoms with E-state index >= 15 is 0 Å². The minimum absolute atomic E-state index is 0.135. The monoisotopic (exact) mass is 427 g/mol. The van der Waals surface area contributed by atoms with Crippen LogP contribution < -0.4 is 10.1 Å². The number of fused-ring (bicyclic) bond motifs is 5. The zero-order valence-electron chi connectivity index (χ0n) is 18.0. The summed E-state index contributed by atoms with van der Waals surface area (Å²) in [5, 5.41) is 3.80. The fraction of sp³-hybridized carbons (Fsp3) is 0.280. The molecule has 7 heteroatoms. The summed E-state index contributed by atoms with van der Waals surface area (Å²) in [4.78, 5) is 19.5. The molecule has 32 heavy (non-hydrogen) atoms. The maximum atomic E-state index is 13.1. The van der Waals surface area contributed by atoms with Crippen molar-refractivity contribution in [3.63, 3.8) is 0 Å². The number of aromatic nitrogens is 3. The molecule has 4 aromatic rings. The number of methoxy groups -OCH3 is 1. The number of rotatable bonds is 3. The number of benzene rings is 2. The molecule has 1 fully saturated rings. The van der Waals surface area contributed by atoms with Crippen LogP contribution in [0.1, 0.15) is 18.5 Å². The van der Waals surface area contributed by atoms with Crippen LogP contribution in [-0.2, 0) is 16.9 Å². The zero-order chi connectivity index (χ0) is 21.7. The van der Waals surface area contributed by atoms with Crippen molar-refractivity contribution in [2.75, 3.05) is 25.5 Å². The van der Waals surface area contributed by atoms with E-state index in [1.54, 1.807) is 13.4 Å². The van der Waals surface area contributed by atoms with Gasteiger partial charge in [-0.3, -0.25) is 4.79 Å². The topological polar surface area (TPSA) is 64.3 Å². The Labute approximate surface area is 186 Å². The average molecular weight is 428 g/mol. The van der Waals surface area contributed by atoms with Crippen LogP contribution >= 0.6 is 0 Å². The molecule has 0 bridgehead atoms. The van der Waals surface area contributed by atoms with Gasteiger partial charge in [0.15, 0.2) is 0 Å². The molecule has 4 heterocycles. The smallest absolute Gasteiger partial charge is 0.242 e. The number of anilines is 1. The molecular formula is C25H25N5O2. The Hall–Kier alpha value is -3.74. The highest BCUT2D eigenvalue weighted by Crippen LogP contribution is 2.44. The summed E-state index contributed by atoms with van der Waals surface area (Å²) in [6, 6.07) is 18.3. The van der Waals surface area contributed by atoms with Crippen molar-refractivity contribution in [1.82, 2.24) is 19.0 Å². The lowest BCUT2D eigenvalue weighted by molar-refractivity contribution is -0.133. The number of hydrogen-bond donors (Lipinski definition) is 1. The third-order valence-electron chi connectivity index (χ3n) is 6.88. The van der Waals surface area contributed by atoms with Crippen molar-refractivity contribution in [2.24, 2.45) is 0 Å². The maximum Gasteiger partial charge on any atom is 0.242 e. The Morgan fingerprint density at radius 3 is 2.81 bits per heavy atom. The molecule has 2 aromatic heterocycles. The van der Waals surface area contributed by atoms with Crippen LogP contribution in [0.15, 0.2) is 67.1 Å². The molecule has 2 aliphatic rings. The summed E-state index contributed by atoms with van der Waals surface area (Å²) in [6.45, 7) is 1.74. The Morgan fingerprint density at radius 2 is 1.97 bits per heavy atom. The number of amides is 1. The first-order chi connectivity index (χ1) is 15.7. The molecule has 162 valence electrons. The number of carbonyl (C=O) groups is 1. The van der Waals surface area contributed by atoms with E-state index < -0.39 is 0 Å². The molecule has 2 aromatic carbocycles. The van der Waals surface area contributed by atoms with Crippen molar-refractivity contribution >= 4 is 22.6 Å². The predicted molar refractivity (Wildman–Crippen MR) is 123 cm³/mol. The summed E-state index contributed by atoms with van der Waals surface area (Å²) in [7, 11) is 1.69. The Balaban J connectivity index is 1.22. The summed E-state index contributed by atoms with van der Waals surface area (Å²) in [5.74, 6) is 0.971. The van der Waals surface area contributed by atoms with Crippen molar-refractivity contribution in [2.45, 2.75) is 24.9 Å². The molecule has 1 saturated heterocycles. The first kappa shape index (κ1) is 19.0. The maximum absolute atomic E-state index is 13.1. The molecule has 1 N–H and O–H groups in total. The molecule has 1 amide bonds. The van der Waals surface area contributed by atoms with Gasteiger partial charge in [-0.15, -0.1) is 0 Å². The molecule has 1 spiro atoms. The lowest BCUT2D eigenvalue weighted by atomic mass is 9.82. The molecule has 0 saturated carbocycles. The third-order valence-corrected chi connectivity index (χ3v) is 6.88. The molecule has 0 atom stereocenters. The average Bonchev–Trinajstić information content (AvgIpc) is 3.48. The standard InChI is InChI=1S/C25H25N5O2/c1-32-18-8-9-22-20(15-18)27-25(23-7-4-12-30(22)23)10-13-28(14-11-25)24(31)16-29-17-26-19-5-2-3-6-21(19)29/h2-9,12,15,17,27H,10-11,13-14,16H2,1H3. The van der Waals surface area contributed by atoms with E-state index in [0.717, 1.165) is 41.0 Å². The van der Waals surface area contributed by atoms with Crippen molar-refractivity contribution < 1.29 is 9.53 Å². The van der Waals surface area contributed by atoms with Crippen LogP contribution in [0.4, 0.5) is 5.69 Å². The minimum Gasteiger partial charge on any atom is -0.497 e. The van der Waals surface area contributed by atoms with Gasteiger partial charge in [0.1, 0.15) is 12.3 Å². The summed E-state index contributed by atoms with van der Waals surface area (Å²) < 4.78 is 9.65. The van der Waals surface area contributed by atoms with Gasteiger partial charge < -0.3 is 24.1 Å². The summed E-state index contributed by atoms with van der Waals surface area (Å²) in [5.41, 5.74) is 5.16. The van der Waals surface area contributed by atoms with Gasteiger partial charge in [-0.2, -0.15) is 0 Å². The van der Waals surface area contributed by atoms with Crippen molar-refractivity contribution in [3.8, 4) is 11.4 Å². The van der Waals surface area contributed by atoms with Gasteiger partial charge in [-0.25, -0.2) is 4.98 Å². The number of nitrogens with zero attached hydrogens (tertiary/aromatic N) is 4. The van der Waals surface area contributed by atoms with Gasteiger partial charge >= 0.3 is 0 Å². The summed E-state index contributed by atoms with van der Waals surface area (Å²) >= 11 is 0. The van der Waals surface area contributed by atoms with Gasteiger partial charge in [-0.05, 0) is 49.2 Å². The van der Waals surface area contributed by atoms with E-state index in [0.29, 0.717) is 19.6 Å². The first-order valence-corrected chi connectivity index (χ1v) is 11.0.